The zero-order chi connectivity index (χ0) is 14.3. The summed E-state index contributed by atoms with van der Waals surface area (Å²) < 4.78 is 0. The van der Waals surface area contributed by atoms with Gasteiger partial charge >= 0.3 is 0 Å². The highest BCUT2D eigenvalue weighted by atomic mass is 14.2. The van der Waals surface area contributed by atoms with Crippen LogP contribution < -0.4 is 0 Å². The largest absolute Gasteiger partial charge is 0.0912 e. The van der Waals surface area contributed by atoms with Crippen LogP contribution in [0.2, 0.25) is 0 Å². The molecule has 0 amide bonds. The molecule has 0 unspecified atom stereocenters. The summed E-state index contributed by atoms with van der Waals surface area (Å²) in [5.74, 6) is 0. The smallest absolute Gasteiger partial charge is 0.0104 e. The normalized spacial score (nSPS) is 12.0. The van der Waals surface area contributed by atoms with Crippen LogP contribution in [0.5, 0.6) is 0 Å². The standard InChI is InChI=1S/C19H28/c1-6-8-10-16(3)17-11-13-18(14-12-17)19(4,5)15-9-7-2/h8,10-14H,3,6-7,9,15H2,1-2,4-5H3/b10-8-. The maximum atomic E-state index is 4.12. The summed E-state index contributed by atoms with van der Waals surface area (Å²) in [5, 5.41) is 0. The first-order valence-corrected chi connectivity index (χ1v) is 7.47. The third kappa shape index (κ3) is 4.70. The molecule has 0 aliphatic rings. The van der Waals surface area contributed by atoms with Crippen molar-refractivity contribution in [1.29, 1.82) is 0 Å². The lowest BCUT2D eigenvalue weighted by molar-refractivity contribution is 0.458. The molecule has 0 saturated heterocycles. The summed E-state index contributed by atoms with van der Waals surface area (Å²) >= 11 is 0. The summed E-state index contributed by atoms with van der Waals surface area (Å²) in [7, 11) is 0. The SMILES string of the molecule is C=C(/C=C\CC)c1ccc(C(C)(C)CCCC)cc1. The third-order valence-corrected chi connectivity index (χ3v) is 3.75. The quantitative estimate of drug-likeness (QED) is 0.514. The Morgan fingerprint density at radius 2 is 1.79 bits per heavy atom. The Morgan fingerprint density at radius 1 is 1.16 bits per heavy atom. The monoisotopic (exact) mass is 256 g/mol. The van der Waals surface area contributed by atoms with Crippen LogP contribution in [-0.2, 0) is 5.41 Å². The van der Waals surface area contributed by atoms with Crippen LogP contribution in [0, 0.1) is 0 Å². The van der Waals surface area contributed by atoms with E-state index in [1.165, 1.54) is 30.4 Å². The Bertz CT molecular complexity index is 418. The molecule has 1 aromatic rings. The van der Waals surface area contributed by atoms with Crippen molar-refractivity contribution in [3.63, 3.8) is 0 Å². The van der Waals surface area contributed by atoms with Gasteiger partial charge in [-0.15, -0.1) is 0 Å². The van der Waals surface area contributed by atoms with Crippen molar-refractivity contribution in [2.45, 2.75) is 58.8 Å². The van der Waals surface area contributed by atoms with E-state index in [1.54, 1.807) is 0 Å². The fourth-order valence-corrected chi connectivity index (χ4v) is 2.25. The first-order chi connectivity index (χ1) is 9.01. The minimum absolute atomic E-state index is 0.273. The van der Waals surface area contributed by atoms with Crippen LogP contribution in [0.3, 0.4) is 0 Å². The topological polar surface area (TPSA) is 0 Å². The molecule has 0 aliphatic heterocycles. The third-order valence-electron chi connectivity index (χ3n) is 3.75. The van der Waals surface area contributed by atoms with Gasteiger partial charge in [0.15, 0.2) is 0 Å². The molecule has 0 nitrogen and oxygen atoms in total. The van der Waals surface area contributed by atoms with Gasteiger partial charge in [-0.05, 0) is 35.0 Å². The maximum Gasteiger partial charge on any atom is -0.0104 e. The highest BCUT2D eigenvalue weighted by Gasteiger charge is 2.19. The van der Waals surface area contributed by atoms with Crippen LogP contribution in [0.15, 0.2) is 43.0 Å². The highest BCUT2D eigenvalue weighted by molar-refractivity contribution is 5.72. The van der Waals surface area contributed by atoms with Gasteiger partial charge < -0.3 is 0 Å². The summed E-state index contributed by atoms with van der Waals surface area (Å²) in [6.07, 6.45) is 9.13. The van der Waals surface area contributed by atoms with Gasteiger partial charge in [-0.1, -0.05) is 83.5 Å². The van der Waals surface area contributed by atoms with Crippen molar-refractivity contribution in [3.8, 4) is 0 Å². The number of allylic oxidation sites excluding steroid dienone is 3. The molecule has 0 aromatic heterocycles. The predicted molar refractivity (Wildman–Crippen MR) is 87.5 cm³/mol. The Kier molecular flexibility index (Phi) is 6.08. The van der Waals surface area contributed by atoms with Gasteiger partial charge in [0, 0.05) is 0 Å². The molecule has 0 bridgehead atoms. The maximum absolute atomic E-state index is 4.12. The first-order valence-electron chi connectivity index (χ1n) is 7.47. The Hall–Kier alpha value is -1.30. The van der Waals surface area contributed by atoms with Gasteiger partial charge in [0.25, 0.3) is 0 Å². The average Bonchev–Trinajstić information content (AvgIpc) is 2.42. The lowest BCUT2D eigenvalue weighted by atomic mass is 9.80. The van der Waals surface area contributed by atoms with Gasteiger partial charge in [-0.3, -0.25) is 0 Å². The van der Waals surface area contributed by atoms with Crippen molar-refractivity contribution in [2.24, 2.45) is 0 Å². The fourth-order valence-electron chi connectivity index (χ4n) is 2.25. The summed E-state index contributed by atoms with van der Waals surface area (Å²) in [5.41, 5.74) is 4.02. The Balaban J connectivity index is 2.81. The molecule has 0 N–H and O–H groups in total. The zero-order valence-corrected chi connectivity index (χ0v) is 13.0. The number of rotatable bonds is 7. The molecule has 0 heterocycles. The number of hydrogen-bond donors (Lipinski definition) is 0. The van der Waals surface area contributed by atoms with Gasteiger partial charge in [0.2, 0.25) is 0 Å². The lowest BCUT2D eigenvalue weighted by Gasteiger charge is -2.25. The Labute approximate surface area is 119 Å². The molecule has 0 atom stereocenters. The molecule has 1 aromatic carbocycles. The van der Waals surface area contributed by atoms with Gasteiger partial charge in [0.1, 0.15) is 0 Å². The number of unbranched alkanes of at least 4 members (excludes halogenated alkanes) is 1. The summed E-state index contributed by atoms with van der Waals surface area (Å²) in [6.45, 7) is 13.2. The van der Waals surface area contributed by atoms with E-state index in [9.17, 15) is 0 Å². The van der Waals surface area contributed by atoms with Crippen molar-refractivity contribution >= 4 is 5.57 Å². The molecular weight excluding hydrogens is 228 g/mol. The van der Waals surface area contributed by atoms with Crippen molar-refractivity contribution in [2.75, 3.05) is 0 Å². The van der Waals surface area contributed by atoms with E-state index in [0.717, 1.165) is 12.0 Å². The van der Waals surface area contributed by atoms with Gasteiger partial charge in [-0.2, -0.15) is 0 Å². The second kappa shape index (κ2) is 7.33. The van der Waals surface area contributed by atoms with Crippen LogP contribution >= 0.6 is 0 Å². The molecular formula is C19H28. The van der Waals surface area contributed by atoms with Crippen molar-refractivity contribution < 1.29 is 0 Å². The van der Waals surface area contributed by atoms with E-state index in [4.69, 9.17) is 0 Å². The van der Waals surface area contributed by atoms with Crippen molar-refractivity contribution in [3.05, 3.63) is 54.1 Å². The number of benzene rings is 1. The molecule has 0 spiro atoms. The summed E-state index contributed by atoms with van der Waals surface area (Å²) in [6, 6.07) is 8.92. The molecule has 0 fully saturated rings. The zero-order valence-electron chi connectivity index (χ0n) is 13.0. The van der Waals surface area contributed by atoms with E-state index in [1.807, 2.05) is 0 Å². The molecule has 0 radical (unpaired) electrons. The van der Waals surface area contributed by atoms with Gasteiger partial charge in [0.05, 0.1) is 0 Å². The molecule has 104 valence electrons. The first kappa shape index (κ1) is 15.8. The van der Waals surface area contributed by atoms with E-state index in [0.29, 0.717) is 0 Å². The van der Waals surface area contributed by atoms with Crippen molar-refractivity contribution in [1.82, 2.24) is 0 Å². The van der Waals surface area contributed by atoms with Crippen LogP contribution in [0.25, 0.3) is 5.57 Å². The Morgan fingerprint density at radius 3 is 2.32 bits per heavy atom. The van der Waals surface area contributed by atoms with E-state index < -0.39 is 0 Å². The second-order valence-electron chi connectivity index (χ2n) is 5.90. The minimum Gasteiger partial charge on any atom is -0.0912 e. The molecule has 1 rings (SSSR count). The van der Waals surface area contributed by atoms with Crippen LogP contribution in [0.1, 0.15) is 64.5 Å². The van der Waals surface area contributed by atoms with Crippen LogP contribution in [-0.4, -0.2) is 0 Å². The minimum atomic E-state index is 0.273. The van der Waals surface area contributed by atoms with E-state index in [-0.39, 0.29) is 5.41 Å². The van der Waals surface area contributed by atoms with Gasteiger partial charge in [-0.25, -0.2) is 0 Å². The lowest BCUT2D eigenvalue weighted by Crippen LogP contribution is -2.16. The second-order valence-corrected chi connectivity index (χ2v) is 5.90. The molecule has 0 heteroatoms. The summed E-state index contributed by atoms with van der Waals surface area (Å²) in [4.78, 5) is 0. The van der Waals surface area contributed by atoms with E-state index in [2.05, 4.69) is 70.7 Å². The average molecular weight is 256 g/mol. The molecule has 19 heavy (non-hydrogen) atoms. The fraction of sp³-hybridized carbons (Fsp3) is 0.474. The highest BCUT2D eigenvalue weighted by Crippen LogP contribution is 2.30. The predicted octanol–water partition coefficient (Wildman–Crippen LogP) is 6.13. The molecule has 0 aliphatic carbocycles. The van der Waals surface area contributed by atoms with Crippen LogP contribution in [0.4, 0.5) is 0 Å². The van der Waals surface area contributed by atoms with E-state index >= 15 is 0 Å². The molecule has 0 saturated carbocycles. The number of hydrogen-bond acceptors (Lipinski definition) is 0.